The van der Waals surface area contributed by atoms with Crippen LogP contribution in [0.1, 0.15) is 44.6 Å². The molecule has 25 heavy (non-hydrogen) atoms. The molecule has 0 bridgehead atoms. The molecule has 0 saturated heterocycles. The number of nitrogens with one attached hydrogen (secondary N) is 2. The Kier molecular flexibility index (Phi) is 14.1. The molecule has 0 saturated carbocycles. The second-order valence-corrected chi connectivity index (χ2v) is 5.49. The van der Waals surface area contributed by atoms with Crippen molar-refractivity contribution in [2.24, 2.45) is 4.99 Å². The fourth-order valence-electron chi connectivity index (χ4n) is 2.16. The first-order valence-electron chi connectivity index (χ1n) is 8.49. The Morgan fingerprint density at radius 1 is 1.12 bits per heavy atom. The topological polar surface area (TPSA) is 62.7 Å². The predicted octanol–water partition coefficient (Wildman–Crippen LogP) is 3.62. The van der Waals surface area contributed by atoms with E-state index in [0.717, 1.165) is 50.3 Å². The highest BCUT2D eigenvalue weighted by atomic mass is 127. The molecular formula is C18H29FIN3O2. The quantitative estimate of drug-likeness (QED) is 0.182. The van der Waals surface area contributed by atoms with Crippen molar-refractivity contribution in [1.82, 2.24) is 10.6 Å². The molecule has 2 N–H and O–H groups in total. The summed E-state index contributed by atoms with van der Waals surface area (Å²) in [7, 11) is 1.42. The fraction of sp³-hybridized carbons (Fsp3) is 0.556. The lowest BCUT2D eigenvalue weighted by Crippen LogP contribution is -2.37. The Bertz CT molecular complexity index is 510. The van der Waals surface area contributed by atoms with Gasteiger partial charge in [-0.05, 0) is 37.5 Å². The molecule has 0 radical (unpaired) electrons. The van der Waals surface area contributed by atoms with E-state index in [2.05, 4.69) is 20.4 Å². The van der Waals surface area contributed by atoms with Gasteiger partial charge in [0.05, 0.1) is 13.7 Å². The molecule has 0 aromatic heterocycles. The van der Waals surface area contributed by atoms with Crippen LogP contribution in [0.2, 0.25) is 0 Å². The Morgan fingerprint density at radius 2 is 1.80 bits per heavy atom. The van der Waals surface area contributed by atoms with Crippen LogP contribution in [-0.2, 0) is 16.1 Å². The highest BCUT2D eigenvalue weighted by molar-refractivity contribution is 14.0. The summed E-state index contributed by atoms with van der Waals surface area (Å²) in [6, 6.07) is 6.37. The van der Waals surface area contributed by atoms with Gasteiger partial charge in [0.25, 0.3) is 0 Å². The number of unbranched alkanes of at least 4 members (excludes halogenated alkanes) is 3. The van der Waals surface area contributed by atoms with Crippen LogP contribution in [0.5, 0.6) is 0 Å². The number of hydrogen-bond acceptors (Lipinski definition) is 3. The van der Waals surface area contributed by atoms with E-state index in [1.807, 2.05) is 6.92 Å². The Balaban J connectivity index is 0.00000576. The van der Waals surface area contributed by atoms with Crippen molar-refractivity contribution in [3.05, 3.63) is 35.6 Å². The van der Waals surface area contributed by atoms with Gasteiger partial charge in [-0.1, -0.05) is 25.0 Å². The van der Waals surface area contributed by atoms with Gasteiger partial charge in [-0.3, -0.25) is 4.79 Å². The van der Waals surface area contributed by atoms with Crippen LogP contribution < -0.4 is 10.6 Å². The van der Waals surface area contributed by atoms with E-state index < -0.39 is 0 Å². The molecule has 1 aromatic carbocycles. The number of ether oxygens (including phenoxy) is 1. The predicted molar refractivity (Wildman–Crippen MR) is 110 cm³/mol. The molecule has 5 nitrogen and oxygen atoms in total. The summed E-state index contributed by atoms with van der Waals surface area (Å²) in [5.74, 6) is 0.381. The van der Waals surface area contributed by atoms with Crippen LogP contribution in [0.4, 0.5) is 4.39 Å². The second kappa shape index (κ2) is 14.9. The minimum atomic E-state index is -0.236. The summed E-state index contributed by atoms with van der Waals surface area (Å²) in [5, 5.41) is 6.48. The van der Waals surface area contributed by atoms with E-state index in [1.165, 1.54) is 19.2 Å². The molecule has 0 spiro atoms. The molecule has 142 valence electrons. The molecule has 1 aromatic rings. The first-order valence-corrected chi connectivity index (χ1v) is 8.49. The lowest BCUT2D eigenvalue weighted by atomic mass is 10.1. The standard InChI is InChI=1S/C18H28FN3O2.HI/c1-3-20-18(22-14-15-9-11-16(19)12-10-15)21-13-7-5-4-6-8-17(23)24-2;/h9-12H,3-8,13-14H2,1-2H3,(H2,20,21,22);1H. The Labute approximate surface area is 166 Å². The van der Waals surface area contributed by atoms with Gasteiger partial charge in [0.1, 0.15) is 5.82 Å². The summed E-state index contributed by atoms with van der Waals surface area (Å²) in [6.07, 6.45) is 4.45. The molecule has 0 unspecified atom stereocenters. The molecular weight excluding hydrogens is 436 g/mol. The summed E-state index contributed by atoms with van der Waals surface area (Å²) in [6.45, 7) is 4.14. The van der Waals surface area contributed by atoms with Crippen LogP contribution in [-0.4, -0.2) is 32.1 Å². The molecule has 1 rings (SSSR count). The number of hydrogen-bond donors (Lipinski definition) is 2. The lowest BCUT2D eigenvalue weighted by molar-refractivity contribution is -0.140. The fourth-order valence-corrected chi connectivity index (χ4v) is 2.16. The monoisotopic (exact) mass is 465 g/mol. The molecule has 0 fully saturated rings. The van der Waals surface area contributed by atoms with Crippen LogP contribution in [0.25, 0.3) is 0 Å². The zero-order chi connectivity index (χ0) is 17.6. The van der Waals surface area contributed by atoms with Crippen LogP contribution in [0.3, 0.4) is 0 Å². The average molecular weight is 465 g/mol. The van der Waals surface area contributed by atoms with Gasteiger partial charge >= 0.3 is 5.97 Å². The maximum atomic E-state index is 12.9. The van der Waals surface area contributed by atoms with E-state index in [9.17, 15) is 9.18 Å². The number of esters is 1. The minimum absolute atomic E-state index is 0. The molecule has 0 aliphatic carbocycles. The first-order chi connectivity index (χ1) is 11.7. The van der Waals surface area contributed by atoms with Gasteiger partial charge < -0.3 is 15.4 Å². The second-order valence-electron chi connectivity index (χ2n) is 5.49. The number of carbonyl (C=O) groups excluding carboxylic acids is 1. The third kappa shape index (κ3) is 11.7. The number of methoxy groups -OCH3 is 1. The van der Waals surface area contributed by atoms with Gasteiger partial charge in [0.2, 0.25) is 0 Å². The SMILES string of the molecule is CCNC(=NCc1ccc(F)cc1)NCCCCCCC(=O)OC.I. The number of nitrogens with zero attached hydrogens (tertiary/aromatic N) is 1. The van der Waals surface area contributed by atoms with Crippen molar-refractivity contribution in [1.29, 1.82) is 0 Å². The number of carbonyl (C=O) groups is 1. The van der Waals surface area contributed by atoms with Gasteiger partial charge in [0, 0.05) is 19.5 Å². The molecule has 0 heterocycles. The number of aliphatic imine (C=N–C) groups is 1. The molecule has 7 heteroatoms. The number of halogens is 2. The van der Waals surface area contributed by atoms with Gasteiger partial charge in [-0.25, -0.2) is 9.38 Å². The van der Waals surface area contributed by atoms with Crippen LogP contribution in [0.15, 0.2) is 29.3 Å². The van der Waals surface area contributed by atoms with Crippen molar-refractivity contribution in [2.75, 3.05) is 20.2 Å². The first kappa shape index (κ1) is 23.6. The summed E-state index contributed by atoms with van der Waals surface area (Å²) in [4.78, 5) is 15.5. The minimum Gasteiger partial charge on any atom is -0.469 e. The Morgan fingerprint density at radius 3 is 2.44 bits per heavy atom. The smallest absolute Gasteiger partial charge is 0.305 e. The summed E-state index contributed by atoms with van der Waals surface area (Å²) in [5.41, 5.74) is 0.969. The number of rotatable bonds is 10. The highest BCUT2D eigenvalue weighted by Crippen LogP contribution is 2.04. The van der Waals surface area contributed by atoms with Gasteiger partial charge in [-0.2, -0.15) is 0 Å². The third-order valence-corrected chi connectivity index (χ3v) is 3.51. The van der Waals surface area contributed by atoms with Crippen LogP contribution >= 0.6 is 24.0 Å². The zero-order valence-electron chi connectivity index (χ0n) is 15.0. The highest BCUT2D eigenvalue weighted by Gasteiger charge is 2.00. The maximum absolute atomic E-state index is 12.9. The van der Waals surface area contributed by atoms with Crippen molar-refractivity contribution < 1.29 is 13.9 Å². The number of benzene rings is 1. The van der Waals surface area contributed by atoms with Crippen molar-refractivity contribution >= 4 is 35.9 Å². The Hall–Kier alpha value is -1.38. The zero-order valence-corrected chi connectivity index (χ0v) is 17.3. The molecule has 0 amide bonds. The van der Waals surface area contributed by atoms with Crippen molar-refractivity contribution in [3.8, 4) is 0 Å². The molecule has 0 atom stereocenters. The average Bonchev–Trinajstić information content (AvgIpc) is 2.59. The normalized spacial score (nSPS) is 10.8. The lowest BCUT2D eigenvalue weighted by Gasteiger charge is -2.11. The van der Waals surface area contributed by atoms with E-state index in [-0.39, 0.29) is 35.8 Å². The largest absolute Gasteiger partial charge is 0.469 e. The van der Waals surface area contributed by atoms with E-state index in [0.29, 0.717) is 13.0 Å². The van der Waals surface area contributed by atoms with E-state index >= 15 is 0 Å². The van der Waals surface area contributed by atoms with Crippen molar-refractivity contribution in [3.63, 3.8) is 0 Å². The molecule has 0 aliphatic rings. The van der Waals surface area contributed by atoms with E-state index in [1.54, 1.807) is 12.1 Å². The van der Waals surface area contributed by atoms with Gasteiger partial charge in [-0.15, -0.1) is 24.0 Å². The van der Waals surface area contributed by atoms with Crippen molar-refractivity contribution in [2.45, 2.75) is 45.6 Å². The summed E-state index contributed by atoms with van der Waals surface area (Å²) < 4.78 is 17.5. The number of guanidine groups is 1. The van der Waals surface area contributed by atoms with Crippen LogP contribution in [0, 0.1) is 5.82 Å². The van der Waals surface area contributed by atoms with Gasteiger partial charge in [0.15, 0.2) is 5.96 Å². The maximum Gasteiger partial charge on any atom is 0.305 e. The summed E-state index contributed by atoms with van der Waals surface area (Å²) >= 11 is 0. The molecule has 0 aliphatic heterocycles. The van der Waals surface area contributed by atoms with E-state index in [4.69, 9.17) is 0 Å². The third-order valence-electron chi connectivity index (χ3n) is 3.51.